The number of fused-ring (bicyclic) bond motifs is 1. The zero-order chi connectivity index (χ0) is 13.2. The Kier molecular flexibility index (Phi) is 3.02. The minimum atomic E-state index is -0.0794. The van der Waals surface area contributed by atoms with Gasteiger partial charge in [0.1, 0.15) is 0 Å². The van der Waals surface area contributed by atoms with E-state index >= 15 is 0 Å². The molecule has 2 aromatic carbocycles. The molecule has 0 bridgehead atoms. The number of carbonyl (C=O) groups is 1. The van der Waals surface area contributed by atoms with E-state index in [-0.39, 0.29) is 5.78 Å². The molecule has 0 radical (unpaired) electrons. The number of hydrogen-bond acceptors (Lipinski definition) is 2. The summed E-state index contributed by atoms with van der Waals surface area (Å²) < 4.78 is 0. The molecule has 0 aliphatic heterocycles. The molecule has 1 heterocycles. The fraction of sp³-hybridized carbons (Fsp3) is 0. The first kappa shape index (κ1) is 11.9. The van der Waals surface area contributed by atoms with Gasteiger partial charge in [0.2, 0.25) is 0 Å². The van der Waals surface area contributed by atoms with Crippen LogP contribution in [0.25, 0.3) is 10.8 Å². The second-order valence-electron chi connectivity index (χ2n) is 4.21. The Morgan fingerprint density at radius 2 is 1.74 bits per heavy atom. The molecule has 0 spiro atoms. The van der Waals surface area contributed by atoms with Crippen LogP contribution in [0.2, 0.25) is 5.02 Å². The molecule has 0 N–H and O–H groups in total. The van der Waals surface area contributed by atoms with Crippen molar-refractivity contribution in [3.63, 3.8) is 0 Å². The van der Waals surface area contributed by atoms with Crippen molar-refractivity contribution in [1.29, 1.82) is 0 Å². The molecule has 3 heteroatoms. The number of carbonyl (C=O) groups excluding carboxylic acids is 1. The standard InChI is InChI=1S/C16H10ClNO/c17-15-7-2-1-5-13(15)16(19)12-6-3-4-11-8-9-18-10-14(11)12/h1-10H. The summed E-state index contributed by atoms with van der Waals surface area (Å²) in [5, 5.41) is 2.30. The van der Waals surface area contributed by atoms with Gasteiger partial charge in [-0.05, 0) is 23.6 Å². The van der Waals surface area contributed by atoms with Gasteiger partial charge in [-0.1, -0.05) is 41.9 Å². The van der Waals surface area contributed by atoms with Gasteiger partial charge >= 0.3 is 0 Å². The summed E-state index contributed by atoms with van der Waals surface area (Å²) in [6.45, 7) is 0. The second kappa shape index (κ2) is 4.82. The molecular formula is C16H10ClNO. The summed E-state index contributed by atoms with van der Waals surface area (Å²) in [7, 11) is 0. The van der Waals surface area contributed by atoms with Crippen molar-refractivity contribution in [3.8, 4) is 0 Å². The minimum absolute atomic E-state index is 0.0794. The van der Waals surface area contributed by atoms with Crippen molar-refractivity contribution < 1.29 is 4.79 Å². The number of hydrogen-bond donors (Lipinski definition) is 0. The van der Waals surface area contributed by atoms with Crippen molar-refractivity contribution in [1.82, 2.24) is 4.98 Å². The van der Waals surface area contributed by atoms with Gasteiger partial charge in [0.05, 0.1) is 5.02 Å². The second-order valence-corrected chi connectivity index (χ2v) is 4.62. The lowest BCUT2D eigenvalue weighted by molar-refractivity contribution is 0.104. The normalized spacial score (nSPS) is 10.6. The number of rotatable bonds is 2. The molecule has 0 unspecified atom stereocenters. The highest BCUT2D eigenvalue weighted by atomic mass is 35.5. The van der Waals surface area contributed by atoms with Gasteiger partial charge < -0.3 is 0 Å². The predicted octanol–water partition coefficient (Wildman–Crippen LogP) is 4.12. The van der Waals surface area contributed by atoms with E-state index < -0.39 is 0 Å². The molecule has 0 aliphatic carbocycles. The van der Waals surface area contributed by atoms with Crippen molar-refractivity contribution >= 4 is 28.2 Å². The highest BCUT2D eigenvalue weighted by molar-refractivity contribution is 6.35. The molecule has 0 amide bonds. The van der Waals surface area contributed by atoms with E-state index in [1.165, 1.54) is 0 Å². The number of halogens is 1. The lowest BCUT2D eigenvalue weighted by Crippen LogP contribution is -2.03. The fourth-order valence-corrected chi connectivity index (χ4v) is 2.32. The molecule has 0 aliphatic rings. The number of benzene rings is 2. The fourth-order valence-electron chi connectivity index (χ4n) is 2.10. The summed E-state index contributed by atoms with van der Waals surface area (Å²) in [6, 6.07) is 14.6. The smallest absolute Gasteiger partial charge is 0.195 e. The van der Waals surface area contributed by atoms with Gasteiger partial charge in [-0.2, -0.15) is 0 Å². The third-order valence-electron chi connectivity index (χ3n) is 3.05. The first-order valence-corrected chi connectivity index (χ1v) is 6.27. The maximum absolute atomic E-state index is 12.6. The van der Waals surface area contributed by atoms with Gasteiger partial charge in [0, 0.05) is 28.9 Å². The van der Waals surface area contributed by atoms with Crippen molar-refractivity contribution in [2.45, 2.75) is 0 Å². The number of pyridine rings is 1. The van der Waals surface area contributed by atoms with Crippen LogP contribution < -0.4 is 0 Å². The molecule has 3 aromatic rings. The summed E-state index contributed by atoms with van der Waals surface area (Å²) in [5.41, 5.74) is 1.14. The zero-order valence-electron chi connectivity index (χ0n) is 10.0. The Hall–Kier alpha value is -2.19. The van der Waals surface area contributed by atoms with Crippen LogP contribution in [-0.2, 0) is 0 Å². The third-order valence-corrected chi connectivity index (χ3v) is 3.38. The molecule has 3 rings (SSSR count). The van der Waals surface area contributed by atoms with Crippen LogP contribution in [0.5, 0.6) is 0 Å². The van der Waals surface area contributed by atoms with Crippen LogP contribution in [0.1, 0.15) is 15.9 Å². The van der Waals surface area contributed by atoms with Crippen LogP contribution in [0.3, 0.4) is 0 Å². The highest BCUT2D eigenvalue weighted by Gasteiger charge is 2.14. The quantitative estimate of drug-likeness (QED) is 0.654. The summed E-state index contributed by atoms with van der Waals surface area (Å²) in [4.78, 5) is 16.7. The Labute approximate surface area is 115 Å². The van der Waals surface area contributed by atoms with E-state index in [1.54, 1.807) is 30.6 Å². The van der Waals surface area contributed by atoms with Crippen LogP contribution in [0.4, 0.5) is 0 Å². The Balaban J connectivity index is 2.20. The van der Waals surface area contributed by atoms with E-state index in [1.807, 2.05) is 30.3 Å². The lowest BCUT2D eigenvalue weighted by Gasteiger charge is -2.06. The number of ketones is 1. The van der Waals surface area contributed by atoms with E-state index in [0.29, 0.717) is 16.1 Å². The monoisotopic (exact) mass is 267 g/mol. The first-order valence-electron chi connectivity index (χ1n) is 5.89. The summed E-state index contributed by atoms with van der Waals surface area (Å²) in [6.07, 6.45) is 3.42. The maximum Gasteiger partial charge on any atom is 0.195 e. The van der Waals surface area contributed by atoms with Gasteiger partial charge in [0.25, 0.3) is 0 Å². The first-order chi connectivity index (χ1) is 9.27. The maximum atomic E-state index is 12.6. The molecule has 1 aromatic heterocycles. The number of aromatic nitrogens is 1. The van der Waals surface area contributed by atoms with Crippen LogP contribution in [-0.4, -0.2) is 10.8 Å². The van der Waals surface area contributed by atoms with E-state index in [2.05, 4.69) is 4.98 Å². The van der Waals surface area contributed by atoms with Crippen molar-refractivity contribution in [2.75, 3.05) is 0 Å². The Morgan fingerprint density at radius 1 is 0.947 bits per heavy atom. The third kappa shape index (κ3) is 2.11. The molecule has 2 nitrogen and oxygen atoms in total. The summed E-state index contributed by atoms with van der Waals surface area (Å²) >= 11 is 6.08. The minimum Gasteiger partial charge on any atom is -0.289 e. The highest BCUT2D eigenvalue weighted by Crippen LogP contribution is 2.24. The average molecular weight is 268 g/mol. The largest absolute Gasteiger partial charge is 0.289 e. The molecule has 0 saturated heterocycles. The van der Waals surface area contributed by atoms with Crippen LogP contribution in [0, 0.1) is 0 Å². The van der Waals surface area contributed by atoms with Gasteiger partial charge in [0.15, 0.2) is 5.78 Å². The SMILES string of the molecule is O=C(c1ccccc1Cl)c1cccc2ccncc12. The molecule has 19 heavy (non-hydrogen) atoms. The molecular weight excluding hydrogens is 258 g/mol. The van der Waals surface area contributed by atoms with Crippen molar-refractivity contribution in [2.24, 2.45) is 0 Å². The molecule has 0 atom stereocenters. The van der Waals surface area contributed by atoms with Crippen molar-refractivity contribution in [3.05, 3.63) is 77.1 Å². The van der Waals surface area contributed by atoms with Gasteiger partial charge in [-0.25, -0.2) is 0 Å². The average Bonchev–Trinajstić information content (AvgIpc) is 2.46. The van der Waals surface area contributed by atoms with Crippen LogP contribution >= 0.6 is 11.6 Å². The van der Waals surface area contributed by atoms with Gasteiger partial charge in [-0.15, -0.1) is 0 Å². The summed E-state index contributed by atoms with van der Waals surface area (Å²) in [5.74, 6) is -0.0794. The zero-order valence-corrected chi connectivity index (χ0v) is 10.8. The lowest BCUT2D eigenvalue weighted by atomic mass is 9.98. The molecule has 92 valence electrons. The Morgan fingerprint density at radius 3 is 2.58 bits per heavy atom. The topological polar surface area (TPSA) is 30.0 Å². The Bertz CT molecular complexity index is 762. The molecule has 0 fully saturated rings. The molecule has 0 saturated carbocycles. The van der Waals surface area contributed by atoms with Gasteiger partial charge in [-0.3, -0.25) is 9.78 Å². The predicted molar refractivity (Wildman–Crippen MR) is 76.6 cm³/mol. The van der Waals surface area contributed by atoms with Crippen LogP contribution in [0.15, 0.2) is 60.9 Å². The number of nitrogens with zero attached hydrogens (tertiary/aromatic N) is 1. The van der Waals surface area contributed by atoms with E-state index in [4.69, 9.17) is 11.6 Å². The van der Waals surface area contributed by atoms with E-state index in [0.717, 1.165) is 10.8 Å². The van der Waals surface area contributed by atoms with E-state index in [9.17, 15) is 4.79 Å².